The minimum Gasteiger partial charge on any atom is -0.379 e. The van der Waals surface area contributed by atoms with E-state index in [4.69, 9.17) is 4.74 Å². The molecule has 0 amide bonds. The normalized spacial score (nSPS) is 28.4. The van der Waals surface area contributed by atoms with Gasteiger partial charge in [-0.1, -0.05) is 12.5 Å². The minimum absolute atomic E-state index is 0.141. The number of hydrogen-bond donors (Lipinski definition) is 1. The van der Waals surface area contributed by atoms with Gasteiger partial charge < -0.3 is 10.1 Å². The standard InChI is InChI=1S/C13H18N2O/c1-3-7-14-11(5-1)13(9-16-10-13)12-6-2-4-8-15-12/h1,3,5,7,12,15H,2,4,6,8-10H2. The first kappa shape index (κ1) is 10.2. The van der Waals surface area contributed by atoms with Crippen LogP contribution in [0.3, 0.4) is 0 Å². The Bertz CT molecular complexity index is 342. The smallest absolute Gasteiger partial charge is 0.0745 e. The Labute approximate surface area is 96.2 Å². The predicted octanol–water partition coefficient (Wildman–Crippen LogP) is 1.49. The molecule has 3 heteroatoms. The number of aromatic nitrogens is 1. The summed E-state index contributed by atoms with van der Waals surface area (Å²) < 4.78 is 5.47. The van der Waals surface area contributed by atoms with Gasteiger partial charge in [0.25, 0.3) is 0 Å². The van der Waals surface area contributed by atoms with Crippen molar-refractivity contribution < 1.29 is 4.74 Å². The Morgan fingerprint density at radius 1 is 1.31 bits per heavy atom. The van der Waals surface area contributed by atoms with Gasteiger partial charge in [-0.25, -0.2) is 0 Å². The molecule has 0 saturated carbocycles. The van der Waals surface area contributed by atoms with Gasteiger partial charge in [0.1, 0.15) is 0 Å². The maximum absolute atomic E-state index is 5.47. The SMILES string of the molecule is c1ccc(C2(C3CCCCN3)COC2)nc1. The third kappa shape index (κ3) is 1.55. The van der Waals surface area contributed by atoms with Crippen molar-refractivity contribution in [2.24, 2.45) is 0 Å². The summed E-state index contributed by atoms with van der Waals surface area (Å²) in [5.41, 5.74) is 1.34. The van der Waals surface area contributed by atoms with Crippen molar-refractivity contribution in [2.75, 3.05) is 19.8 Å². The number of piperidine rings is 1. The van der Waals surface area contributed by atoms with Gasteiger partial charge in [0.05, 0.1) is 24.3 Å². The number of hydrogen-bond acceptors (Lipinski definition) is 3. The first-order chi connectivity index (χ1) is 7.92. The highest BCUT2D eigenvalue weighted by Gasteiger charge is 2.48. The summed E-state index contributed by atoms with van der Waals surface area (Å²) >= 11 is 0. The lowest BCUT2D eigenvalue weighted by Gasteiger charge is -2.48. The Kier molecular flexibility index (Phi) is 2.65. The molecular weight excluding hydrogens is 200 g/mol. The van der Waals surface area contributed by atoms with Gasteiger partial charge in [0, 0.05) is 12.2 Å². The first-order valence-corrected chi connectivity index (χ1v) is 6.14. The number of rotatable bonds is 2. The van der Waals surface area contributed by atoms with Crippen molar-refractivity contribution in [1.82, 2.24) is 10.3 Å². The van der Waals surface area contributed by atoms with E-state index in [1.807, 2.05) is 12.3 Å². The lowest BCUT2D eigenvalue weighted by molar-refractivity contribution is -0.0848. The third-order valence-corrected chi connectivity index (χ3v) is 3.87. The molecule has 1 N–H and O–H groups in total. The molecule has 0 aliphatic carbocycles. The van der Waals surface area contributed by atoms with Gasteiger partial charge in [0.2, 0.25) is 0 Å². The molecular formula is C13H18N2O. The van der Waals surface area contributed by atoms with E-state index in [0.29, 0.717) is 6.04 Å². The Balaban J connectivity index is 1.87. The molecule has 3 nitrogen and oxygen atoms in total. The lowest BCUT2D eigenvalue weighted by Crippen LogP contribution is -2.61. The summed E-state index contributed by atoms with van der Waals surface area (Å²) in [5.74, 6) is 0. The molecule has 2 fully saturated rings. The van der Waals surface area contributed by atoms with Crippen LogP contribution >= 0.6 is 0 Å². The zero-order chi connectivity index (χ0) is 10.8. The molecule has 1 atom stereocenters. The molecule has 1 aromatic rings. The summed E-state index contributed by atoms with van der Waals surface area (Å²) in [4.78, 5) is 4.53. The van der Waals surface area contributed by atoms with Crippen LogP contribution in [0.25, 0.3) is 0 Å². The summed E-state index contributed by atoms with van der Waals surface area (Å²) in [6.07, 6.45) is 5.76. The van der Waals surface area contributed by atoms with Crippen LogP contribution in [0, 0.1) is 0 Å². The maximum atomic E-state index is 5.47. The highest BCUT2D eigenvalue weighted by Crippen LogP contribution is 2.37. The fraction of sp³-hybridized carbons (Fsp3) is 0.615. The van der Waals surface area contributed by atoms with Crippen LogP contribution < -0.4 is 5.32 Å². The van der Waals surface area contributed by atoms with Crippen molar-refractivity contribution in [1.29, 1.82) is 0 Å². The number of nitrogens with zero attached hydrogens (tertiary/aromatic N) is 1. The fourth-order valence-electron chi connectivity index (χ4n) is 2.83. The van der Waals surface area contributed by atoms with Crippen molar-refractivity contribution in [3.8, 4) is 0 Å². The number of nitrogens with one attached hydrogen (secondary N) is 1. The highest BCUT2D eigenvalue weighted by molar-refractivity contribution is 5.24. The lowest BCUT2D eigenvalue weighted by atomic mass is 9.72. The molecule has 0 bridgehead atoms. The van der Waals surface area contributed by atoms with Crippen LogP contribution in [0.1, 0.15) is 25.0 Å². The second-order valence-electron chi connectivity index (χ2n) is 4.87. The topological polar surface area (TPSA) is 34.1 Å². The summed E-state index contributed by atoms with van der Waals surface area (Å²) in [6, 6.07) is 6.74. The minimum atomic E-state index is 0.141. The molecule has 1 aromatic heterocycles. The van der Waals surface area contributed by atoms with Crippen LogP contribution in [0.4, 0.5) is 0 Å². The molecule has 0 radical (unpaired) electrons. The van der Waals surface area contributed by atoms with E-state index in [0.717, 1.165) is 19.8 Å². The summed E-state index contributed by atoms with van der Waals surface area (Å²) in [5, 5.41) is 3.64. The zero-order valence-corrected chi connectivity index (χ0v) is 9.48. The fourth-order valence-corrected chi connectivity index (χ4v) is 2.83. The molecule has 3 heterocycles. The Hall–Kier alpha value is -0.930. The third-order valence-electron chi connectivity index (χ3n) is 3.87. The van der Waals surface area contributed by atoms with Gasteiger partial charge >= 0.3 is 0 Å². The Morgan fingerprint density at radius 3 is 2.81 bits per heavy atom. The molecule has 0 spiro atoms. The molecule has 2 aliphatic rings. The number of ether oxygens (including phenoxy) is 1. The van der Waals surface area contributed by atoms with E-state index < -0.39 is 0 Å². The van der Waals surface area contributed by atoms with Crippen LogP contribution in [0.5, 0.6) is 0 Å². The molecule has 0 aromatic carbocycles. The van der Waals surface area contributed by atoms with E-state index >= 15 is 0 Å². The van der Waals surface area contributed by atoms with Gasteiger partial charge in [-0.3, -0.25) is 4.98 Å². The molecule has 3 rings (SSSR count). The van der Waals surface area contributed by atoms with Crippen LogP contribution in [-0.4, -0.2) is 30.8 Å². The predicted molar refractivity (Wildman–Crippen MR) is 62.4 cm³/mol. The molecule has 2 saturated heterocycles. The van der Waals surface area contributed by atoms with Crippen molar-refractivity contribution in [2.45, 2.75) is 30.7 Å². The largest absolute Gasteiger partial charge is 0.379 e. The van der Waals surface area contributed by atoms with E-state index in [9.17, 15) is 0 Å². The molecule has 1 unspecified atom stereocenters. The molecule has 16 heavy (non-hydrogen) atoms. The summed E-state index contributed by atoms with van der Waals surface area (Å²) in [6.45, 7) is 2.78. The second kappa shape index (κ2) is 4.15. The monoisotopic (exact) mass is 218 g/mol. The van der Waals surface area contributed by atoms with Gasteiger partial charge in [0.15, 0.2) is 0 Å². The second-order valence-corrected chi connectivity index (χ2v) is 4.87. The van der Waals surface area contributed by atoms with Crippen LogP contribution in [0.15, 0.2) is 24.4 Å². The number of pyridine rings is 1. The summed E-state index contributed by atoms with van der Waals surface area (Å²) in [7, 11) is 0. The highest BCUT2D eigenvalue weighted by atomic mass is 16.5. The van der Waals surface area contributed by atoms with Crippen molar-refractivity contribution in [3.05, 3.63) is 30.1 Å². The Morgan fingerprint density at radius 2 is 2.25 bits per heavy atom. The van der Waals surface area contributed by atoms with E-state index in [1.165, 1.54) is 25.0 Å². The van der Waals surface area contributed by atoms with Crippen LogP contribution in [-0.2, 0) is 10.2 Å². The van der Waals surface area contributed by atoms with Gasteiger partial charge in [-0.15, -0.1) is 0 Å². The van der Waals surface area contributed by atoms with Crippen molar-refractivity contribution in [3.63, 3.8) is 0 Å². The zero-order valence-electron chi connectivity index (χ0n) is 9.48. The van der Waals surface area contributed by atoms with Gasteiger partial charge in [-0.2, -0.15) is 0 Å². The van der Waals surface area contributed by atoms with E-state index in [2.05, 4.69) is 22.4 Å². The quantitative estimate of drug-likeness (QED) is 0.816. The van der Waals surface area contributed by atoms with Crippen molar-refractivity contribution >= 4 is 0 Å². The average Bonchev–Trinajstić information content (AvgIpc) is 2.31. The van der Waals surface area contributed by atoms with E-state index in [-0.39, 0.29) is 5.41 Å². The first-order valence-electron chi connectivity index (χ1n) is 6.14. The maximum Gasteiger partial charge on any atom is 0.0745 e. The molecule has 2 aliphatic heterocycles. The van der Waals surface area contributed by atoms with Gasteiger partial charge in [-0.05, 0) is 31.5 Å². The average molecular weight is 218 g/mol. The van der Waals surface area contributed by atoms with E-state index in [1.54, 1.807) is 0 Å². The van der Waals surface area contributed by atoms with Crippen LogP contribution in [0.2, 0.25) is 0 Å². The molecule has 86 valence electrons.